The molecule has 1 aliphatic carbocycles. The van der Waals surface area contributed by atoms with Crippen molar-refractivity contribution in [1.29, 1.82) is 5.26 Å². The van der Waals surface area contributed by atoms with Gasteiger partial charge in [0.05, 0.1) is 22.7 Å². The summed E-state index contributed by atoms with van der Waals surface area (Å²) in [5.41, 5.74) is 1.15. The SMILES string of the molecule is N#Cc1cc(S(=O)(=O)N2CC[C@@H]2C(=O)N(Cc2ccc(C3CCCCC3)cn2)c2ccc3c(=O)[nH]ccc3c2)cc(F)c1F. The maximum absolute atomic E-state index is 14.2. The number of aromatic amines is 1. The van der Waals surface area contributed by atoms with Crippen LogP contribution in [0.25, 0.3) is 10.8 Å². The van der Waals surface area contributed by atoms with Gasteiger partial charge in [-0.15, -0.1) is 0 Å². The summed E-state index contributed by atoms with van der Waals surface area (Å²) < 4.78 is 56.0. The Morgan fingerprint density at radius 1 is 1.07 bits per heavy atom. The van der Waals surface area contributed by atoms with E-state index in [1.165, 1.54) is 36.4 Å². The van der Waals surface area contributed by atoms with Gasteiger partial charge in [-0.3, -0.25) is 14.6 Å². The van der Waals surface area contributed by atoms with E-state index in [1.54, 1.807) is 24.3 Å². The lowest BCUT2D eigenvalue weighted by Crippen LogP contribution is -2.59. The lowest BCUT2D eigenvalue weighted by Gasteiger charge is -2.41. The number of carbonyl (C=O) groups excluding carboxylic acids is 1. The van der Waals surface area contributed by atoms with Crippen LogP contribution in [0.4, 0.5) is 14.5 Å². The van der Waals surface area contributed by atoms with Crippen LogP contribution in [0, 0.1) is 23.0 Å². The van der Waals surface area contributed by atoms with Crippen LogP contribution in [0.15, 0.2) is 70.6 Å². The number of H-pyrrole nitrogens is 1. The van der Waals surface area contributed by atoms with Crippen molar-refractivity contribution >= 4 is 32.4 Å². The van der Waals surface area contributed by atoms with E-state index in [0.29, 0.717) is 34.1 Å². The fourth-order valence-corrected chi connectivity index (χ4v) is 7.69. The molecule has 6 rings (SSSR count). The van der Waals surface area contributed by atoms with Crippen LogP contribution in [-0.2, 0) is 21.4 Å². The minimum Gasteiger partial charge on any atom is -0.329 e. The number of benzene rings is 2. The Labute approximate surface area is 252 Å². The van der Waals surface area contributed by atoms with Gasteiger partial charge in [-0.05, 0) is 78.6 Å². The number of sulfonamides is 1. The van der Waals surface area contributed by atoms with Gasteiger partial charge in [-0.2, -0.15) is 9.57 Å². The van der Waals surface area contributed by atoms with Crippen LogP contribution in [-0.4, -0.2) is 41.2 Å². The van der Waals surface area contributed by atoms with E-state index >= 15 is 0 Å². The van der Waals surface area contributed by atoms with Gasteiger partial charge >= 0.3 is 0 Å². The average Bonchev–Trinajstić information content (AvgIpc) is 3.01. The van der Waals surface area contributed by atoms with Crippen molar-refractivity contribution in [3.8, 4) is 6.07 Å². The molecule has 44 heavy (non-hydrogen) atoms. The monoisotopic (exact) mass is 617 g/mol. The third kappa shape index (κ3) is 5.49. The molecule has 1 N–H and O–H groups in total. The Morgan fingerprint density at radius 2 is 1.86 bits per heavy atom. The summed E-state index contributed by atoms with van der Waals surface area (Å²) in [5.74, 6) is -2.99. The molecule has 226 valence electrons. The zero-order chi connectivity index (χ0) is 31.0. The Bertz CT molecular complexity index is 1950. The van der Waals surface area contributed by atoms with Gasteiger partial charge in [-0.1, -0.05) is 25.3 Å². The number of nitrogens with zero attached hydrogens (tertiary/aromatic N) is 4. The van der Waals surface area contributed by atoms with E-state index in [9.17, 15) is 26.8 Å². The zero-order valence-corrected chi connectivity index (χ0v) is 24.5. The first-order valence-corrected chi connectivity index (χ1v) is 15.9. The summed E-state index contributed by atoms with van der Waals surface area (Å²) in [6.07, 6.45) is 9.37. The van der Waals surface area contributed by atoms with Crippen LogP contribution in [0.1, 0.15) is 61.3 Å². The number of nitrogens with one attached hydrogen (secondary N) is 1. The summed E-state index contributed by atoms with van der Waals surface area (Å²) >= 11 is 0. The molecule has 0 unspecified atom stereocenters. The highest BCUT2D eigenvalue weighted by Gasteiger charge is 2.45. The minimum absolute atomic E-state index is 0.0190. The number of amides is 1. The number of carbonyl (C=O) groups is 1. The molecule has 2 aliphatic rings. The highest BCUT2D eigenvalue weighted by molar-refractivity contribution is 7.89. The van der Waals surface area contributed by atoms with Crippen LogP contribution in [0.2, 0.25) is 0 Å². The van der Waals surface area contributed by atoms with Crippen molar-refractivity contribution < 1.29 is 22.0 Å². The number of nitriles is 1. The quantitative estimate of drug-likeness (QED) is 0.307. The smallest absolute Gasteiger partial charge is 0.255 e. The molecule has 0 spiro atoms. The van der Waals surface area contributed by atoms with Crippen LogP contribution >= 0.6 is 0 Å². The molecule has 0 radical (unpaired) electrons. The number of hydrogen-bond donors (Lipinski definition) is 1. The molecular weight excluding hydrogens is 588 g/mol. The van der Waals surface area contributed by atoms with E-state index in [0.717, 1.165) is 28.8 Å². The second kappa shape index (κ2) is 11.9. The number of anilines is 1. The van der Waals surface area contributed by atoms with E-state index in [-0.39, 0.29) is 25.1 Å². The Hall–Kier alpha value is -4.47. The fraction of sp³-hybridized carbons (Fsp3) is 0.312. The van der Waals surface area contributed by atoms with Crippen LogP contribution in [0.3, 0.4) is 0 Å². The van der Waals surface area contributed by atoms with Crippen molar-refractivity contribution in [3.05, 3.63) is 99.7 Å². The Balaban J connectivity index is 1.33. The molecular formula is C32H29F2N5O4S. The van der Waals surface area contributed by atoms with Crippen molar-refractivity contribution in [2.75, 3.05) is 11.4 Å². The zero-order valence-electron chi connectivity index (χ0n) is 23.7. The van der Waals surface area contributed by atoms with Crippen molar-refractivity contribution in [1.82, 2.24) is 14.3 Å². The molecule has 12 heteroatoms. The summed E-state index contributed by atoms with van der Waals surface area (Å²) in [4.78, 5) is 34.5. The fourth-order valence-electron chi connectivity index (χ4n) is 6.02. The summed E-state index contributed by atoms with van der Waals surface area (Å²) in [5, 5.41) is 10.2. The highest BCUT2D eigenvalue weighted by Crippen LogP contribution is 2.34. The summed E-state index contributed by atoms with van der Waals surface area (Å²) in [7, 11) is -4.45. The molecule has 1 atom stereocenters. The van der Waals surface area contributed by atoms with Crippen molar-refractivity contribution in [2.45, 2.75) is 61.9 Å². The number of pyridine rings is 2. The molecule has 1 amide bonds. The van der Waals surface area contributed by atoms with Crippen LogP contribution in [0.5, 0.6) is 0 Å². The van der Waals surface area contributed by atoms with Crippen molar-refractivity contribution in [3.63, 3.8) is 0 Å². The molecule has 2 aromatic heterocycles. The molecule has 3 heterocycles. The molecule has 9 nitrogen and oxygen atoms in total. The Morgan fingerprint density at radius 3 is 2.55 bits per heavy atom. The summed E-state index contributed by atoms with van der Waals surface area (Å²) in [6.45, 7) is 0.0154. The Kier molecular flexibility index (Phi) is 8.00. The topological polar surface area (TPSA) is 127 Å². The molecule has 1 aliphatic heterocycles. The first-order chi connectivity index (χ1) is 21.2. The largest absolute Gasteiger partial charge is 0.329 e. The predicted molar refractivity (Wildman–Crippen MR) is 159 cm³/mol. The van der Waals surface area contributed by atoms with Gasteiger partial charge in [0.25, 0.3) is 5.56 Å². The molecule has 4 aromatic rings. The second-order valence-electron chi connectivity index (χ2n) is 11.2. The maximum Gasteiger partial charge on any atom is 0.255 e. The average molecular weight is 618 g/mol. The first-order valence-electron chi connectivity index (χ1n) is 14.5. The molecule has 0 bridgehead atoms. The number of rotatable bonds is 7. The maximum atomic E-state index is 14.2. The number of halogens is 2. The third-order valence-corrected chi connectivity index (χ3v) is 10.4. The molecule has 1 saturated carbocycles. The third-order valence-electron chi connectivity index (χ3n) is 8.56. The van der Waals surface area contributed by atoms with Gasteiger partial charge in [0.2, 0.25) is 15.9 Å². The number of aromatic nitrogens is 2. The summed E-state index contributed by atoms with van der Waals surface area (Å²) in [6, 6.07) is 12.1. The first kappa shape index (κ1) is 29.6. The highest BCUT2D eigenvalue weighted by atomic mass is 32.2. The van der Waals surface area contributed by atoms with E-state index in [1.807, 2.05) is 18.3 Å². The lowest BCUT2D eigenvalue weighted by molar-refractivity contribution is -0.125. The van der Waals surface area contributed by atoms with E-state index in [4.69, 9.17) is 5.26 Å². The lowest BCUT2D eigenvalue weighted by atomic mass is 9.85. The minimum atomic E-state index is -4.45. The van der Waals surface area contributed by atoms with Gasteiger partial charge in [0.15, 0.2) is 11.6 Å². The standard InChI is InChI=1S/C32H29F2N5O4S/c33-28-16-26(15-23(17-35)30(28)34)44(42,43)39-13-11-29(39)32(41)38(25-8-9-27-21(14-25)10-12-36-31(27)40)19-24-7-6-22(18-37-24)20-4-2-1-3-5-20/h6-10,12,14-16,18,20,29H,1-5,11,13,19H2,(H,36,40)/t29-/m1/s1. The molecule has 2 fully saturated rings. The van der Waals surface area contributed by atoms with E-state index in [2.05, 4.69) is 9.97 Å². The van der Waals surface area contributed by atoms with E-state index < -0.39 is 44.1 Å². The van der Waals surface area contributed by atoms with Gasteiger partial charge in [0.1, 0.15) is 12.1 Å². The predicted octanol–water partition coefficient (Wildman–Crippen LogP) is 5.12. The normalized spacial score (nSPS) is 17.6. The molecule has 1 saturated heterocycles. The molecule has 2 aromatic carbocycles. The number of hydrogen-bond acceptors (Lipinski definition) is 6. The second-order valence-corrected chi connectivity index (χ2v) is 13.1. The van der Waals surface area contributed by atoms with Gasteiger partial charge in [-0.25, -0.2) is 17.2 Å². The van der Waals surface area contributed by atoms with Crippen molar-refractivity contribution in [2.24, 2.45) is 0 Å². The van der Waals surface area contributed by atoms with Gasteiger partial charge < -0.3 is 9.88 Å². The number of fused-ring (bicyclic) bond motifs is 1. The van der Waals surface area contributed by atoms with Crippen LogP contribution < -0.4 is 10.5 Å². The van der Waals surface area contributed by atoms with Gasteiger partial charge in [0, 0.05) is 30.0 Å².